The highest BCUT2D eigenvalue weighted by molar-refractivity contribution is 7.89. The molecule has 0 saturated carbocycles. The summed E-state index contributed by atoms with van der Waals surface area (Å²) in [7, 11) is -0.150. The van der Waals surface area contributed by atoms with Gasteiger partial charge in [0.05, 0.1) is 0 Å². The standard InChI is InChI=1S/C7H11N3O2S/c1-10(2)6-4-3-5-7(9-6)13(8,11)12/h3-5H,1-2H3,(H2,8,11,12). The Labute approximate surface area is 77.2 Å². The Morgan fingerprint density at radius 3 is 2.46 bits per heavy atom. The van der Waals surface area contributed by atoms with Crippen LogP contribution in [-0.2, 0) is 10.0 Å². The molecule has 0 bridgehead atoms. The minimum absolute atomic E-state index is 0.112. The maximum absolute atomic E-state index is 10.9. The van der Waals surface area contributed by atoms with Crippen LogP contribution in [0.15, 0.2) is 23.2 Å². The first-order valence-corrected chi connectivity index (χ1v) is 5.13. The van der Waals surface area contributed by atoms with Crippen molar-refractivity contribution in [2.24, 2.45) is 5.14 Å². The quantitative estimate of drug-likeness (QED) is 0.718. The van der Waals surface area contributed by atoms with Crippen LogP contribution in [0, 0.1) is 0 Å². The van der Waals surface area contributed by atoms with Crippen LogP contribution in [-0.4, -0.2) is 27.5 Å². The Hall–Kier alpha value is -1.14. The molecule has 2 N–H and O–H groups in total. The molecule has 5 nitrogen and oxygen atoms in total. The van der Waals surface area contributed by atoms with Crippen molar-refractivity contribution in [1.29, 1.82) is 0 Å². The third-order valence-corrected chi connectivity index (χ3v) is 2.27. The van der Waals surface area contributed by atoms with E-state index >= 15 is 0 Å². The fourth-order valence-electron chi connectivity index (χ4n) is 0.811. The number of sulfonamides is 1. The number of nitrogens with two attached hydrogens (primary N) is 1. The second-order valence-electron chi connectivity index (χ2n) is 2.77. The molecule has 72 valence electrons. The van der Waals surface area contributed by atoms with Gasteiger partial charge in [-0.2, -0.15) is 0 Å². The van der Waals surface area contributed by atoms with E-state index in [9.17, 15) is 8.42 Å². The van der Waals surface area contributed by atoms with E-state index in [0.29, 0.717) is 5.82 Å². The molecule has 0 aliphatic rings. The highest BCUT2D eigenvalue weighted by Crippen LogP contribution is 2.10. The summed E-state index contributed by atoms with van der Waals surface area (Å²) in [6, 6.07) is 4.67. The lowest BCUT2D eigenvalue weighted by atomic mass is 10.4. The molecule has 1 rings (SSSR count). The molecule has 13 heavy (non-hydrogen) atoms. The fourth-order valence-corrected chi connectivity index (χ4v) is 1.30. The van der Waals surface area contributed by atoms with Gasteiger partial charge in [-0.3, -0.25) is 0 Å². The summed E-state index contributed by atoms with van der Waals surface area (Å²) in [6.07, 6.45) is 0. The maximum Gasteiger partial charge on any atom is 0.255 e. The number of hydrogen-bond donors (Lipinski definition) is 1. The molecule has 6 heteroatoms. The number of hydrogen-bond acceptors (Lipinski definition) is 4. The van der Waals surface area contributed by atoms with E-state index in [1.54, 1.807) is 31.1 Å². The van der Waals surface area contributed by atoms with E-state index in [1.807, 2.05) is 0 Å². The smallest absolute Gasteiger partial charge is 0.255 e. The van der Waals surface area contributed by atoms with E-state index in [2.05, 4.69) is 4.98 Å². The molecule has 0 saturated heterocycles. The Balaban J connectivity index is 3.21. The summed E-state index contributed by atoms with van der Waals surface area (Å²) < 4.78 is 21.8. The lowest BCUT2D eigenvalue weighted by Crippen LogP contribution is -2.17. The van der Waals surface area contributed by atoms with Gasteiger partial charge in [0.15, 0.2) is 5.03 Å². The van der Waals surface area contributed by atoms with Gasteiger partial charge in [0.1, 0.15) is 5.82 Å². The van der Waals surface area contributed by atoms with Gasteiger partial charge in [-0.15, -0.1) is 0 Å². The highest BCUT2D eigenvalue weighted by atomic mass is 32.2. The van der Waals surface area contributed by atoms with E-state index < -0.39 is 10.0 Å². The normalized spacial score (nSPS) is 11.3. The summed E-state index contributed by atoms with van der Waals surface area (Å²) in [6.45, 7) is 0. The number of pyridine rings is 1. The van der Waals surface area contributed by atoms with Crippen LogP contribution in [0.1, 0.15) is 0 Å². The monoisotopic (exact) mass is 201 g/mol. The van der Waals surface area contributed by atoms with Crippen molar-refractivity contribution in [2.45, 2.75) is 5.03 Å². The highest BCUT2D eigenvalue weighted by Gasteiger charge is 2.09. The van der Waals surface area contributed by atoms with Crippen molar-refractivity contribution in [3.05, 3.63) is 18.2 Å². The molecular weight excluding hydrogens is 190 g/mol. The van der Waals surface area contributed by atoms with Crippen molar-refractivity contribution in [3.8, 4) is 0 Å². The number of nitrogens with zero attached hydrogens (tertiary/aromatic N) is 2. The molecule has 0 unspecified atom stereocenters. The van der Waals surface area contributed by atoms with Crippen LogP contribution in [0.4, 0.5) is 5.82 Å². The van der Waals surface area contributed by atoms with Gasteiger partial charge in [-0.25, -0.2) is 18.5 Å². The first kappa shape index (κ1) is 9.94. The second kappa shape index (κ2) is 3.31. The zero-order valence-electron chi connectivity index (χ0n) is 7.43. The molecular formula is C7H11N3O2S. The largest absolute Gasteiger partial charge is 0.363 e. The number of aromatic nitrogens is 1. The van der Waals surface area contributed by atoms with Gasteiger partial charge in [0, 0.05) is 14.1 Å². The Morgan fingerprint density at radius 1 is 1.38 bits per heavy atom. The molecule has 0 aromatic carbocycles. The molecule has 0 aliphatic carbocycles. The minimum atomic E-state index is -3.70. The fraction of sp³-hybridized carbons (Fsp3) is 0.286. The van der Waals surface area contributed by atoms with Crippen molar-refractivity contribution in [3.63, 3.8) is 0 Å². The van der Waals surface area contributed by atoms with E-state index in [1.165, 1.54) is 6.07 Å². The molecule has 1 aromatic rings. The van der Waals surface area contributed by atoms with E-state index in [4.69, 9.17) is 5.14 Å². The van der Waals surface area contributed by atoms with Crippen LogP contribution < -0.4 is 10.0 Å². The van der Waals surface area contributed by atoms with Crippen molar-refractivity contribution in [2.75, 3.05) is 19.0 Å². The summed E-state index contributed by atoms with van der Waals surface area (Å²) >= 11 is 0. The van der Waals surface area contributed by atoms with Crippen LogP contribution in [0.2, 0.25) is 0 Å². The Kier molecular flexibility index (Phi) is 2.53. The average Bonchev–Trinajstić information content (AvgIpc) is 2.03. The maximum atomic E-state index is 10.9. The first-order chi connectivity index (χ1) is 5.91. The molecule has 0 aliphatic heterocycles. The van der Waals surface area contributed by atoms with Gasteiger partial charge in [-0.05, 0) is 12.1 Å². The van der Waals surface area contributed by atoms with Gasteiger partial charge in [0.2, 0.25) is 0 Å². The lowest BCUT2D eigenvalue weighted by Gasteiger charge is -2.11. The molecule has 0 fully saturated rings. The molecule has 1 heterocycles. The van der Waals surface area contributed by atoms with E-state index in [0.717, 1.165) is 0 Å². The molecule has 0 amide bonds. The van der Waals surface area contributed by atoms with Gasteiger partial charge in [-0.1, -0.05) is 6.07 Å². The van der Waals surface area contributed by atoms with E-state index in [-0.39, 0.29) is 5.03 Å². The van der Waals surface area contributed by atoms with Crippen molar-refractivity contribution < 1.29 is 8.42 Å². The van der Waals surface area contributed by atoms with Crippen molar-refractivity contribution >= 4 is 15.8 Å². The topological polar surface area (TPSA) is 76.3 Å². The van der Waals surface area contributed by atoms with Crippen LogP contribution in [0.5, 0.6) is 0 Å². The average molecular weight is 201 g/mol. The lowest BCUT2D eigenvalue weighted by molar-refractivity contribution is 0.594. The predicted molar refractivity (Wildman–Crippen MR) is 49.9 cm³/mol. The van der Waals surface area contributed by atoms with Crippen LogP contribution in [0.3, 0.4) is 0 Å². The Bertz CT molecular complexity index is 400. The summed E-state index contributed by atoms with van der Waals surface area (Å²) in [4.78, 5) is 5.56. The first-order valence-electron chi connectivity index (χ1n) is 3.58. The second-order valence-corrected chi connectivity index (χ2v) is 4.28. The molecule has 1 aromatic heterocycles. The van der Waals surface area contributed by atoms with Crippen LogP contribution >= 0.6 is 0 Å². The molecule has 0 atom stereocenters. The molecule has 0 radical (unpaired) electrons. The summed E-state index contributed by atoms with van der Waals surface area (Å²) in [5.74, 6) is 0.562. The third kappa shape index (κ3) is 2.40. The number of rotatable bonds is 2. The zero-order valence-corrected chi connectivity index (χ0v) is 8.25. The SMILES string of the molecule is CN(C)c1cccc(S(N)(=O)=O)n1. The van der Waals surface area contributed by atoms with Crippen molar-refractivity contribution in [1.82, 2.24) is 4.98 Å². The third-order valence-electron chi connectivity index (χ3n) is 1.46. The molecule has 0 spiro atoms. The van der Waals surface area contributed by atoms with Gasteiger partial charge < -0.3 is 4.90 Å². The minimum Gasteiger partial charge on any atom is -0.363 e. The van der Waals surface area contributed by atoms with Gasteiger partial charge in [0.25, 0.3) is 10.0 Å². The number of anilines is 1. The Morgan fingerprint density at radius 2 is 2.00 bits per heavy atom. The summed E-state index contributed by atoms with van der Waals surface area (Å²) in [5.41, 5.74) is 0. The van der Waals surface area contributed by atoms with Gasteiger partial charge >= 0.3 is 0 Å². The summed E-state index contributed by atoms with van der Waals surface area (Å²) in [5, 5.41) is 4.80. The number of primary sulfonamides is 1. The zero-order chi connectivity index (χ0) is 10.1. The predicted octanol–water partition coefficient (Wildman–Crippen LogP) is -0.205. The van der Waals surface area contributed by atoms with Crippen LogP contribution in [0.25, 0.3) is 0 Å².